The Labute approximate surface area is 340 Å². The smallest absolute Gasteiger partial charge is 0.303 e. The van der Waals surface area contributed by atoms with Crippen LogP contribution in [0.3, 0.4) is 0 Å². The van der Waals surface area contributed by atoms with Crippen LogP contribution in [0.25, 0.3) is 0 Å². The van der Waals surface area contributed by atoms with Gasteiger partial charge in [-0.3, -0.25) is 28.8 Å². The molecule has 0 spiro atoms. The highest BCUT2D eigenvalue weighted by atomic mass is 127. The Kier molecular flexibility index (Phi) is 21.0. The number of nitrogens with two attached hydrogens (primary N) is 2. The third-order valence-corrected chi connectivity index (χ3v) is 11.9. The van der Waals surface area contributed by atoms with Crippen LogP contribution in [0.2, 0.25) is 0 Å². The van der Waals surface area contributed by atoms with Gasteiger partial charge in [0.1, 0.15) is 0 Å². The monoisotopic (exact) mass is 1340 g/mol. The van der Waals surface area contributed by atoms with Crippen LogP contribution in [0.15, 0.2) is 0 Å². The Balaban J connectivity index is 0.000000620. The number of halogens is 10. The quantitative estimate of drug-likeness (QED) is 0.0820. The molecule has 42 heavy (non-hydrogen) atoms. The molecule has 0 fully saturated rings. The summed E-state index contributed by atoms with van der Waals surface area (Å²) in [7, 11) is 0. The minimum Gasteiger partial charge on any atom is -0.481 e. The van der Waals surface area contributed by atoms with Crippen LogP contribution >= 0.6 is 182 Å². The number of unbranched alkanes of at least 4 members (excludes halogenated alkanes) is 1. The Morgan fingerprint density at radius 1 is 0.476 bits per heavy atom. The second-order valence-corrected chi connectivity index (χ2v) is 15.1. The van der Waals surface area contributed by atoms with E-state index in [0.717, 1.165) is 0 Å². The SMILES string of the molecule is Nc1c(I)c(C(=O)Cl)c(I)c(C(=O)Cl)c1I.Nc1c(I)c(C(=O)Cl)c(I)c(C(=O)Cl)c1I.O=C(O)CCCCC(=O)O. The van der Waals surface area contributed by atoms with E-state index in [9.17, 15) is 28.8 Å². The van der Waals surface area contributed by atoms with Crippen molar-refractivity contribution >= 4 is 226 Å². The average molecular weight is 1340 g/mol. The molecule has 20 heteroatoms. The van der Waals surface area contributed by atoms with Gasteiger partial charge in [0, 0.05) is 20.0 Å². The molecule has 0 unspecified atom stereocenters. The van der Waals surface area contributed by atoms with Gasteiger partial charge in [0.25, 0.3) is 21.0 Å². The molecule has 0 saturated carbocycles. The number of hydrogen-bond donors (Lipinski definition) is 4. The molecular formula is C22H14Cl4I6N2O8. The van der Waals surface area contributed by atoms with Crippen molar-refractivity contribution in [2.75, 3.05) is 11.5 Å². The predicted molar refractivity (Wildman–Crippen MR) is 212 cm³/mol. The van der Waals surface area contributed by atoms with E-state index in [1.165, 1.54) is 0 Å². The van der Waals surface area contributed by atoms with Gasteiger partial charge in [0.15, 0.2) is 0 Å². The molecule has 0 saturated heterocycles. The van der Waals surface area contributed by atoms with Crippen molar-refractivity contribution in [1.29, 1.82) is 0 Å². The van der Waals surface area contributed by atoms with Crippen LogP contribution in [0, 0.1) is 21.4 Å². The predicted octanol–water partition coefficient (Wildman–Crippen LogP) is 8.40. The number of benzene rings is 2. The van der Waals surface area contributed by atoms with Gasteiger partial charge in [-0.15, -0.1) is 0 Å². The van der Waals surface area contributed by atoms with Crippen LogP contribution in [0.4, 0.5) is 11.4 Å². The fraction of sp³-hybridized carbons (Fsp3) is 0.182. The first-order chi connectivity index (χ1) is 19.2. The second kappa shape index (κ2) is 20.4. The van der Waals surface area contributed by atoms with Gasteiger partial charge in [0.2, 0.25) is 0 Å². The van der Waals surface area contributed by atoms with Crippen molar-refractivity contribution in [3.8, 4) is 0 Å². The van der Waals surface area contributed by atoms with E-state index in [2.05, 4.69) is 0 Å². The lowest BCUT2D eigenvalue weighted by atomic mass is 10.1. The number of carbonyl (C=O) groups excluding carboxylic acids is 4. The largest absolute Gasteiger partial charge is 0.481 e. The number of carboxylic acid groups (broad SMARTS) is 2. The fourth-order valence-corrected chi connectivity index (χ4v) is 12.9. The molecule has 0 heterocycles. The number of nitrogen functional groups attached to an aromatic ring is 2. The van der Waals surface area contributed by atoms with E-state index in [0.29, 0.717) is 45.6 Å². The summed E-state index contributed by atoms with van der Waals surface area (Å²) >= 11 is 33.2. The van der Waals surface area contributed by atoms with Crippen molar-refractivity contribution in [3.63, 3.8) is 0 Å². The van der Waals surface area contributed by atoms with Crippen LogP contribution < -0.4 is 11.5 Å². The highest BCUT2D eigenvalue weighted by Crippen LogP contribution is 2.36. The first kappa shape index (κ1) is 43.2. The first-order valence-corrected chi connectivity index (χ1v) is 18.3. The zero-order valence-corrected chi connectivity index (χ0v) is 36.1. The second-order valence-electron chi connectivity index (χ2n) is 7.30. The van der Waals surface area contributed by atoms with Gasteiger partial charge in [-0.05, 0) is 195 Å². The highest BCUT2D eigenvalue weighted by Gasteiger charge is 2.26. The summed E-state index contributed by atoms with van der Waals surface area (Å²) in [5, 5.41) is 13.6. The maximum absolute atomic E-state index is 11.3. The minimum absolute atomic E-state index is 0.0628. The first-order valence-electron chi connectivity index (χ1n) is 10.3. The molecule has 2 aromatic rings. The van der Waals surface area contributed by atoms with Crippen LogP contribution in [0.5, 0.6) is 0 Å². The lowest BCUT2D eigenvalue weighted by molar-refractivity contribution is -0.139. The summed E-state index contributed by atoms with van der Waals surface area (Å²) in [6, 6.07) is 0. The van der Waals surface area contributed by atoms with E-state index < -0.39 is 32.9 Å². The number of aliphatic carboxylic acids is 2. The molecule has 10 nitrogen and oxygen atoms in total. The van der Waals surface area contributed by atoms with Crippen molar-refractivity contribution in [2.24, 2.45) is 0 Å². The Morgan fingerprint density at radius 2 is 0.667 bits per heavy atom. The van der Waals surface area contributed by atoms with E-state index in [-0.39, 0.29) is 35.1 Å². The molecule has 0 radical (unpaired) electrons. The van der Waals surface area contributed by atoms with Gasteiger partial charge in [-0.2, -0.15) is 0 Å². The molecule has 0 amide bonds. The van der Waals surface area contributed by atoms with Crippen molar-refractivity contribution in [3.05, 3.63) is 43.7 Å². The van der Waals surface area contributed by atoms with Crippen molar-refractivity contribution in [2.45, 2.75) is 25.7 Å². The van der Waals surface area contributed by atoms with Gasteiger partial charge in [-0.1, -0.05) is 0 Å². The van der Waals surface area contributed by atoms with Crippen LogP contribution in [0.1, 0.15) is 67.1 Å². The zero-order valence-electron chi connectivity index (χ0n) is 20.1. The molecule has 2 aromatic carbocycles. The molecule has 0 aliphatic heterocycles. The number of rotatable bonds is 9. The van der Waals surface area contributed by atoms with Crippen LogP contribution in [-0.4, -0.2) is 43.1 Å². The zero-order chi connectivity index (χ0) is 33.2. The van der Waals surface area contributed by atoms with Gasteiger partial charge in [-0.25, -0.2) is 0 Å². The van der Waals surface area contributed by atoms with E-state index >= 15 is 0 Å². The molecule has 0 bridgehead atoms. The molecule has 0 aromatic heterocycles. The van der Waals surface area contributed by atoms with Crippen molar-refractivity contribution < 1.29 is 39.0 Å². The maximum Gasteiger partial charge on any atom is 0.303 e. The van der Waals surface area contributed by atoms with E-state index in [4.69, 9.17) is 68.1 Å². The topological polar surface area (TPSA) is 195 Å². The summed E-state index contributed by atoms with van der Waals surface area (Å²) in [4.78, 5) is 64.9. The standard InChI is InChI=1S/2C8H2Cl2I3NO2.C6H10O4/c2*9-7(15)1-3(11)2(8(10)16)5(13)6(14)4(1)12;7-5(8)3-1-2-4-6(9)10/h2*14H2;1-4H2,(H,7,8)(H,9,10). The number of anilines is 2. The Hall–Kier alpha value is 1.20. The third kappa shape index (κ3) is 12.8. The highest BCUT2D eigenvalue weighted by molar-refractivity contribution is 14.1. The number of carbonyl (C=O) groups is 6. The lowest BCUT2D eigenvalue weighted by Crippen LogP contribution is -2.11. The summed E-state index contributed by atoms with van der Waals surface area (Å²) in [5.74, 6) is -1.74. The molecule has 2 rings (SSSR count). The Bertz CT molecular complexity index is 1270. The molecule has 230 valence electrons. The molecule has 6 N–H and O–H groups in total. The van der Waals surface area contributed by atoms with Gasteiger partial charge < -0.3 is 21.7 Å². The lowest BCUT2D eigenvalue weighted by Gasteiger charge is -2.12. The Morgan fingerprint density at radius 3 is 0.810 bits per heavy atom. The molecular weight excluding hydrogens is 1320 g/mol. The maximum atomic E-state index is 11.3. The van der Waals surface area contributed by atoms with E-state index in [1.54, 1.807) is 0 Å². The third-order valence-electron chi connectivity index (χ3n) is 4.52. The minimum atomic E-state index is -0.870. The van der Waals surface area contributed by atoms with Gasteiger partial charge >= 0.3 is 11.9 Å². The van der Waals surface area contributed by atoms with E-state index in [1.807, 2.05) is 136 Å². The normalized spacial score (nSPS) is 10.0. The number of carboxylic acids is 2. The van der Waals surface area contributed by atoms with Crippen molar-refractivity contribution in [1.82, 2.24) is 0 Å². The summed E-state index contributed by atoms with van der Waals surface area (Å²) in [6.07, 6.45) is 1.02. The summed E-state index contributed by atoms with van der Waals surface area (Å²) in [6.45, 7) is 0. The van der Waals surface area contributed by atoms with Crippen LogP contribution in [-0.2, 0) is 9.59 Å². The fourth-order valence-electron chi connectivity index (χ4n) is 2.61. The summed E-state index contributed by atoms with van der Waals surface area (Å²) < 4.78 is 3.00. The molecule has 0 aliphatic rings. The summed E-state index contributed by atoms with van der Waals surface area (Å²) in [5.41, 5.74) is 13.2. The number of hydrogen-bond acceptors (Lipinski definition) is 8. The average Bonchev–Trinajstić information content (AvgIpc) is 2.84. The van der Waals surface area contributed by atoms with Gasteiger partial charge in [0.05, 0.1) is 47.9 Å². The molecule has 0 aliphatic carbocycles. The molecule has 0 atom stereocenters.